The topological polar surface area (TPSA) is 77.5 Å². The third-order valence-electron chi connectivity index (χ3n) is 3.71. The molecule has 0 saturated heterocycles. The van der Waals surface area contributed by atoms with Crippen molar-refractivity contribution in [3.63, 3.8) is 0 Å². The number of anilines is 1. The molecular weight excluding hydrogens is 332 g/mol. The molecule has 0 spiro atoms. The van der Waals surface area contributed by atoms with E-state index in [9.17, 15) is 9.59 Å². The standard InChI is InChI=1S/C20H22N2O4/c1-13(2)19(23)16(11-14-7-9-21-10-8-14)20(24)22-17-6-5-15(25-3)12-18(17)26-4/h5-13H,1-4H3,(H,22,24). The zero-order chi connectivity index (χ0) is 19.1. The first-order valence-electron chi connectivity index (χ1n) is 8.15. The van der Waals surface area contributed by atoms with Crippen LogP contribution in [0.2, 0.25) is 0 Å². The van der Waals surface area contributed by atoms with E-state index in [1.165, 1.54) is 7.11 Å². The minimum Gasteiger partial charge on any atom is -0.497 e. The molecule has 0 aliphatic carbocycles. The fraction of sp³-hybridized carbons (Fsp3) is 0.250. The number of carbonyl (C=O) groups is 2. The third kappa shape index (κ3) is 4.69. The highest BCUT2D eigenvalue weighted by Crippen LogP contribution is 2.29. The Balaban J connectivity index is 2.36. The average molecular weight is 354 g/mol. The monoisotopic (exact) mass is 354 g/mol. The summed E-state index contributed by atoms with van der Waals surface area (Å²) in [5.41, 5.74) is 1.25. The lowest BCUT2D eigenvalue weighted by Crippen LogP contribution is -2.23. The van der Waals surface area contributed by atoms with Crippen LogP contribution in [0.1, 0.15) is 19.4 Å². The quantitative estimate of drug-likeness (QED) is 0.469. The van der Waals surface area contributed by atoms with E-state index in [4.69, 9.17) is 9.47 Å². The first-order valence-corrected chi connectivity index (χ1v) is 8.15. The van der Waals surface area contributed by atoms with Gasteiger partial charge in [0.1, 0.15) is 11.5 Å². The number of methoxy groups -OCH3 is 2. The Bertz CT molecular complexity index is 814. The van der Waals surface area contributed by atoms with Crippen LogP contribution in [-0.4, -0.2) is 30.9 Å². The lowest BCUT2D eigenvalue weighted by Gasteiger charge is -2.14. The maximum absolute atomic E-state index is 12.8. The Labute approximate surface area is 152 Å². The molecule has 26 heavy (non-hydrogen) atoms. The second-order valence-corrected chi connectivity index (χ2v) is 5.88. The van der Waals surface area contributed by atoms with Gasteiger partial charge in [0.2, 0.25) is 0 Å². The number of ether oxygens (including phenoxy) is 2. The zero-order valence-electron chi connectivity index (χ0n) is 15.3. The predicted octanol–water partition coefficient (Wildman–Crippen LogP) is 3.35. The number of ketones is 1. The number of hydrogen-bond acceptors (Lipinski definition) is 5. The van der Waals surface area contributed by atoms with E-state index in [1.54, 1.807) is 69.8 Å². The molecule has 6 nitrogen and oxygen atoms in total. The van der Waals surface area contributed by atoms with Crippen LogP contribution in [0, 0.1) is 5.92 Å². The van der Waals surface area contributed by atoms with Crippen molar-refractivity contribution >= 4 is 23.5 Å². The summed E-state index contributed by atoms with van der Waals surface area (Å²) in [7, 11) is 3.04. The van der Waals surface area contributed by atoms with Crippen molar-refractivity contribution in [1.82, 2.24) is 4.98 Å². The van der Waals surface area contributed by atoms with E-state index >= 15 is 0 Å². The Morgan fingerprint density at radius 3 is 2.35 bits per heavy atom. The van der Waals surface area contributed by atoms with Crippen molar-refractivity contribution in [3.8, 4) is 11.5 Å². The Morgan fingerprint density at radius 1 is 1.08 bits per heavy atom. The number of nitrogens with one attached hydrogen (secondary N) is 1. The van der Waals surface area contributed by atoms with Crippen LogP contribution in [0.15, 0.2) is 48.3 Å². The van der Waals surface area contributed by atoms with E-state index in [0.717, 1.165) is 5.56 Å². The van der Waals surface area contributed by atoms with Gasteiger partial charge in [0, 0.05) is 24.4 Å². The van der Waals surface area contributed by atoms with Gasteiger partial charge >= 0.3 is 0 Å². The number of rotatable bonds is 7. The predicted molar refractivity (Wildman–Crippen MR) is 100 cm³/mol. The Kier molecular flexibility index (Phi) is 6.49. The zero-order valence-corrected chi connectivity index (χ0v) is 15.3. The number of benzene rings is 1. The van der Waals surface area contributed by atoms with E-state index < -0.39 is 5.91 Å². The van der Waals surface area contributed by atoms with Crippen LogP contribution in [0.3, 0.4) is 0 Å². The van der Waals surface area contributed by atoms with Crippen molar-refractivity contribution in [2.45, 2.75) is 13.8 Å². The van der Waals surface area contributed by atoms with Crippen LogP contribution >= 0.6 is 0 Å². The van der Waals surface area contributed by atoms with E-state index in [1.807, 2.05) is 0 Å². The summed E-state index contributed by atoms with van der Waals surface area (Å²) in [4.78, 5) is 29.3. The fourth-order valence-electron chi connectivity index (χ4n) is 2.28. The molecule has 136 valence electrons. The van der Waals surface area contributed by atoms with Gasteiger partial charge in [-0.3, -0.25) is 14.6 Å². The second kappa shape index (κ2) is 8.80. The summed E-state index contributed by atoms with van der Waals surface area (Å²) in [5.74, 6) is -0.00835. The molecule has 1 amide bonds. The summed E-state index contributed by atoms with van der Waals surface area (Å²) in [6.07, 6.45) is 4.77. The first kappa shape index (κ1) is 19.2. The molecule has 1 heterocycles. The van der Waals surface area contributed by atoms with Gasteiger partial charge < -0.3 is 14.8 Å². The molecule has 0 saturated carbocycles. The Hall–Kier alpha value is -3.15. The van der Waals surface area contributed by atoms with Gasteiger partial charge in [-0.25, -0.2) is 0 Å². The SMILES string of the molecule is COc1ccc(NC(=O)C(=Cc2ccncc2)C(=O)C(C)C)c(OC)c1. The molecule has 0 radical (unpaired) electrons. The van der Waals surface area contributed by atoms with Crippen molar-refractivity contribution in [3.05, 3.63) is 53.9 Å². The number of nitrogens with zero attached hydrogens (tertiary/aromatic N) is 1. The smallest absolute Gasteiger partial charge is 0.259 e. The lowest BCUT2D eigenvalue weighted by molar-refractivity contribution is -0.121. The summed E-state index contributed by atoms with van der Waals surface area (Å²) >= 11 is 0. The summed E-state index contributed by atoms with van der Waals surface area (Å²) < 4.78 is 10.4. The summed E-state index contributed by atoms with van der Waals surface area (Å²) in [6, 6.07) is 8.49. The van der Waals surface area contributed by atoms with Crippen LogP contribution in [-0.2, 0) is 9.59 Å². The van der Waals surface area contributed by atoms with Crippen molar-refractivity contribution in [1.29, 1.82) is 0 Å². The normalized spacial score (nSPS) is 11.2. The molecule has 6 heteroatoms. The molecule has 0 aliphatic rings. The van der Waals surface area contributed by atoms with Crippen LogP contribution in [0.4, 0.5) is 5.69 Å². The highest BCUT2D eigenvalue weighted by Gasteiger charge is 2.22. The molecule has 1 N–H and O–H groups in total. The summed E-state index contributed by atoms with van der Waals surface area (Å²) in [6.45, 7) is 3.51. The van der Waals surface area contributed by atoms with E-state index in [-0.39, 0.29) is 17.3 Å². The molecule has 0 bridgehead atoms. The van der Waals surface area contributed by atoms with E-state index in [2.05, 4.69) is 10.3 Å². The number of carbonyl (C=O) groups excluding carboxylic acids is 2. The largest absolute Gasteiger partial charge is 0.497 e. The van der Waals surface area contributed by atoms with Crippen molar-refractivity contribution in [2.75, 3.05) is 19.5 Å². The molecule has 1 aromatic carbocycles. The van der Waals surface area contributed by atoms with Crippen LogP contribution in [0.5, 0.6) is 11.5 Å². The number of hydrogen-bond donors (Lipinski definition) is 1. The number of aromatic nitrogens is 1. The molecule has 0 aliphatic heterocycles. The van der Waals surface area contributed by atoms with Gasteiger partial charge in [-0.2, -0.15) is 0 Å². The van der Waals surface area contributed by atoms with Gasteiger partial charge in [0.05, 0.1) is 25.5 Å². The second-order valence-electron chi connectivity index (χ2n) is 5.88. The van der Waals surface area contributed by atoms with Gasteiger partial charge in [-0.15, -0.1) is 0 Å². The maximum Gasteiger partial charge on any atom is 0.259 e. The molecule has 0 fully saturated rings. The average Bonchev–Trinajstić information content (AvgIpc) is 2.66. The minimum atomic E-state index is -0.496. The third-order valence-corrected chi connectivity index (χ3v) is 3.71. The van der Waals surface area contributed by atoms with Gasteiger partial charge in [0.15, 0.2) is 5.78 Å². The van der Waals surface area contributed by atoms with Crippen molar-refractivity contribution < 1.29 is 19.1 Å². The molecule has 1 aromatic heterocycles. The molecule has 2 rings (SSSR count). The van der Waals surface area contributed by atoms with Crippen LogP contribution < -0.4 is 14.8 Å². The van der Waals surface area contributed by atoms with Crippen molar-refractivity contribution in [2.24, 2.45) is 5.92 Å². The molecule has 2 aromatic rings. The van der Waals surface area contributed by atoms with Gasteiger partial charge in [0.25, 0.3) is 5.91 Å². The fourth-order valence-corrected chi connectivity index (χ4v) is 2.28. The molecule has 0 atom stereocenters. The number of Topliss-reactive ketones (excluding diaryl/α,β-unsaturated/α-hetero) is 1. The first-order chi connectivity index (χ1) is 12.5. The lowest BCUT2D eigenvalue weighted by atomic mass is 9.98. The van der Waals surface area contributed by atoms with Gasteiger partial charge in [-0.1, -0.05) is 13.8 Å². The molecule has 0 unspecified atom stereocenters. The highest BCUT2D eigenvalue weighted by atomic mass is 16.5. The summed E-state index contributed by atoms with van der Waals surface area (Å²) in [5, 5.41) is 2.74. The van der Waals surface area contributed by atoms with Gasteiger partial charge in [-0.05, 0) is 35.9 Å². The maximum atomic E-state index is 12.8. The Morgan fingerprint density at radius 2 is 1.77 bits per heavy atom. The molecular formula is C20H22N2O4. The minimum absolute atomic E-state index is 0.0732. The van der Waals surface area contributed by atoms with Crippen LogP contribution in [0.25, 0.3) is 6.08 Å². The number of amides is 1. The van der Waals surface area contributed by atoms with E-state index in [0.29, 0.717) is 17.2 Å². The highest BCUT2D eigenvalue weighted by molar-refractivity contribution is 6.26. The number of pyridine rings is 1.